The number of hydrogen-bond acceptors (Lipinski definition) is 4. The van der Waals surface area contributed by atoms with Crippen molar-refractivity contribution >= 4 is 17.6 Å². The van der Waals surface area contributed by atoms with Gasteiger partial charge in [-0.05, 0) is 24.1 Å². The molecular formula is C15H18N6O2. The summed E-state index contributed by atoms with van der Waals surface area (Å²) < 4.78 is 1.77. The molecule has 0 spiro atoms. The fraction of sp³-hybridized carbons (Fsp3) is 0.333. The molecule has 120 valence electrons. The molecule has 0 aliphatic carbocycles. The first kappa shape index (κ1) is 15.0. The van der Waals surface area contributed by atoms with E-state index in [2.05, 4.69) is 15.4 Å². The number of hydrogen-bond donors (Lipinski definition) is 2. The largest absolute Gasteiger partial charge is 0.364 e. The number of anilines is 1. The first-order chi connectivity index (χ1) is 11.0. The van der Waals surface area contributed by atoms with Crippen molar-refractivity contribution in [3.05, 3.63) is 42.0 Å². The number of rotatable bonds is 3. The Kier molecular flexibility index (Phi) is 3.96. The summed E-state index contributed by atoms with van der Waals surface area (Å²) in [4.78, 5) is 28.9. The molecular weight excluding hydrogens is 296 g/mol. The van der Waals surface area contributed by atoms with Crippen LogP contribution in [0.1, 0.15) is 28.4 Å². The SMILES string of the molecule is Cn1cc([C@H]2CCN(C(=O)Nc3ccc(C(N)=O)nc3)C2)cn1. The Morgan fingerprint density at radius 2 is 2.17 bits per heavy atom. The van der Waals surface area contributed by atoms with Crippen LogP contribution in [0, 0.1) is 0 Å². The summed E-state index contributed by atoms with van der Waals surface area (Å²) >= 11 is 0. The van der Waals surface area contributed by atoms with E-state index in [1.165, 1.54) is 12.3 Å². The second-order valence-corrected chi connectivity index (χ2v) is 5.61. The maximum Gasteiger partial charge on any atom is 0.321 e. The van der Waals surface area contributed by atoms with Gasteiger partial charge in [-0.2, -0.15) is 5.10 Å². The van der Waals surface area contributed by atoms with Crippen LogP contribution in [-0.2, 0) is 7.05 Å². The van der Waals surface area contributed by atoms with Crippen molar-refractivity contribution in [3.8, 4) is 0 Å². The Hall–Kier alpha value is -2.90. The van der Waals surface area contributed by atoms with Crippen LogP contribution in [0.4, 0.5) is 10.5 Å². The minimum Gasteiger partial charge on any atom is -0.364 e. The summed E-state index contributed by atoms with van der Waals surface area (Å²) in [5, 5.41) is 6.95. The van der Waals surface area contributed by atoms with Gasteiger partial charge in [0.15, 0.2) is 0 Å². The van der Waals surface area contributed by atoms with E-state index < -0.39 is 5.91 Å². The highest BCUT2D eigenvalue weighted by Gasteiger charge is 2.28. The average molecular weight is 314 g/mol. The van der Waals surface area contributed by atoms with E-state index >= 15 is 0 Å². The second kappa shape index (κ2) is 6.07. The lowest BCUT2D eigenvalue weighted by Gasteiger charge is -2.17. The molecule has 8 heteroatoms. The van der Waals surface area contributed by atoms with E-state index in [4.69, 9.17) is 5.73 Å². The van der Waals surface area contributed by atoms with E-state index in [-0.39, 0.29) is 11.7 Å². The molecule has 0 unspecified atom stereocenters. The third-order valence-corrected chi connectivity index (χ3v) is 3.94. The van der Waals surface area contributed by atoms with Gasteiger partial charge in [-0.3, -0.25) is 9.48 Å². The van der Waals surface area contributed by atoms with Gasteiger partial charge >= 0.3 is 6.03 Å². The molecule has 1 aliphatic heterocycles. The van der Waals surface area contributed by atoms with Crippen molar-refractivity contribution in [1.82, 2.24) is 19.7 Å². The van der Waals surface area contributed by atoms with Crippen LogP contribution in [0.15, 0.2) is 30.7 Å². The molecule has 3 rings (SSSR count). The van der Waals surface area contributed by atoms with Crippen molar-refractivity contribution in [1.29, 1.82) is 0 Å². The quantitative estimate of drug-likeness (QED) is 0.879. The first-order valence-electron chi connectivity index (χ1n) is 7.33. The summed E-state index contributed by atoms with van der Waals surface area (Å²) in [5.74, 6) is -0.286. The van der Waals surface area contributed by atoms with E-state index in [1.54, 1.807) is 15.6 Å². The van der Waals surface area contributed by atoms with Crippen LogP contribution < -0.4 is 11.1 Å². The molecule has 3 heterocycles. The molecule has 2 aromatic rings. The molecule has 1 atom stereocenters. The Balaban J connectivity index is 1.59. The summed E-state index contributed by atoms with van der Waals surface area (Å²) in [7, 11) is 1.88. The smallest absolute Gasteiger partial charge is 0.321 e. The number of nitrogens with two attached hydrogens (primary N) is 1. The third-order valence-electron chi connectivity index (χ3n) is 3.94. The summed E-state index contributed by atoms with van der Waals surface area (Å²) in [6.07, 6.45) is 6.17. The number of carbonyl (C=O) groups is 2. The van der Waals surface area contributed by atoms with Crippen LogP contribution in [0.25, 0.3) is 0 Å². The van der Waals surface area contributed by atoms with Crippen molar-refractivity contribution in [2.75, 3.05) is 18.4 Å². The predicted molar refractivity (Wildman–Crippen MR) is 83.9 cm³/mol. The molecule has 0 saturated carbocycles. The molecule has 1 fully saturated rings. The number of nitrogens with one attached hydrogen (secondary N) is 1. The molecule has 0 aromatic carbocycles. The van der Waals surface area contributed by atoms with Crippen LogP contribution >= 0.6 is 0 Å². The molecule has 0 bridgehead atoms. The zero-order valence-corrected chi connectivity index (χ0v) is 12.8. The number of nitrogens with zero attached hydrogens (tertiary/aromatic N) is 4. The van der Waals surface area contributed by atoms with Gasteiger partial charge in [0, 0.05) is 32.3 Å². The number of likely N-dealkylation sites (tertiary alicyclic amines) is 1. The number of aryl methyl sites for hydroxylation is 1. The van der Waals surface area contributed by atoms with Gasteiger partial charge in [0.1, 0.15) is 5.69 Å². The molecule has 1 saturated heterocycles. The van der Waals surface area contributed by atoms with Crippen LogP contribution in [-0.4, -0.2) is 44.7 Å². The highest BCUT2D eigenvalue weighted by molar-refractivity contribution is 5.92. The van der Waals surface area contributed by atoms with E-state index in [0.717, 1.165) is 12.0 Å². The summed E-state index contributed by atoms with van der Waals surface area (Å²) in [6.45, 7) is 1.35. The van der Waals surface area contributed by atoms with Crippen LogP contribution in [0.2, 0.25) is 0 Å². The Bertz CT molecular complexity index is 724. The predicted octanol–water partition coefficient (Wildman–Crippen LogP) is 0.935. The maximum absolute atomic E-state index is 12.3. The first-order valence-corrected chi connectivity index (χ1v) is 7.33. The van der Waals surface area contributed by atoms with Crippen LogP contribution in [0.3, 0.4) is 0 Å². The second-order valence-electron chi connectivity index (χ2n) is 5.61. The monoisotopic (exact) mass is 314 g/mol. The molecule has 0 radical (unpaired) electrons. The summed E-state index contributed by atoms with van der Waals surface area (Å²) in [5.41, 5.74) is 6.98. The zero-order chi connectivity index (χ0) is 16.4. The van der Waals surface area contributed by atoms with Gasteiger partial charge in [-0.25, -0.2) is 9.78 Å². The fourth-order valence-corrected chi connectivity index (χ4v) is 2.68. The number of amides is 3. The molecule has 2 aromatic heterocycles. The molecule has 3 N–H and O–H groups in total. The number of primary amides is 1. The molecule has 3 amide bonds. The lowest BCUT2D eigenvalue weighted by Crippen LogP contribution is -2.32. The van der Waals surface area contributed by atoms with Crippen molar-refractivity contribution in [3.63, 3.8) is 0 Å². The van der Waals surface area contributed by atoms with E-state index in [0.29, 0.717) is 24.7 Å². The van der Waals surface area contributed by atoms with Crippen molar-refractivity contribution in [2.45, 2.75) is 12.3 Å². The standard InChI is InChI=1S/C15H18N6O2/c1-20-8-11(6-18-20)10-4-5-21(9-10)15(23)19-12-2-3-13(14(16)22)17-7-12/h2-3,6-8,10H,4-5,9H2,1H3,(H2,16,22)(H,19,23)/t10-/m0/s1. The Morgan fingerprint density at radius 3 is 2.78 bits per heavy atom. The Labute approximate surface area is 133 Å². The number of urea groups is 1. The van der Waals surface area contributed by atoms with Gasteiger partial charge < -0.3 is 16.0 Å². The van der Waals surface area contributed by atoms with Crippen molar-refractivity contribution in [2.24, 2.45) is 12.8 Å². The third kappa shape index (κ3) is 3.31. The van der Waals surface area contributed by atoms with Gasteiger partial charge in [0.05, 0.1) is 18.1 Å². The minimum absolute atomic E-state index is 0.167. The average Bonchev–Trinajstić information content (AvgIpc) is 3.16. The highest BCUT2D eigenvalue weighted by atomic mass is 16.2. The number of carbonyl (C=O) groups excluding carboxylic acids is 2. The topological polar surface area (TPSA) is 106 Å². The maximum atomic E-state index is 12.3. The number of pyridine rings is 1. The van der Waals surface area contributed by atoms with Gasteiger partial charge in [-0.1, -0.05) is 0 Å². The van der Waals surface area contributed by atoms with Gasteiger partial charge in [0.25, 0.3) is 5.91 Å². The van der Waals surface area contributed by atoms with Gasteiger partial charge in [-0.15, -0.1) is 0 Å². The van der Waals surface area contributed by atoms with E-state index in [9.17, 15) is 9.59 Å². The number of aromatic nitrogens is 3. The lowest BCUT2D eigenvalue weighted by molar-refractivity contribution is 0.0995. The Morgan fingerprint density at radius 1 is 1.35 bits per heavy atom. The van der Waals surface area contributed by atoms with Gasteiger partial charge in [0.2, 0.25) is 0 Å². The fourth-order valence-electron chi connectivity index (χ4n) is 2.68. The van der Waals surface area contributed by atoms with Crippen molar-refractivity contribution < 1.29 is 9.59 Å². The molecule has 23 heavy (non-hydrogen) atoms. The zero-order valence-electron chi connectivity index (χ0n) is 12.8. The lowest BCUT2D eigenvalue weighted by atomic mass is 10.0. The van der Waals surface area contributed by atoms with Crippen LogP contribution in [0.5, 0.6) is 0 Å². The summed E-state index contributed by atoms with van der Waals surface area (Å²) in [6, 6.07) is 2.92. The molecule has 1 aliphatic rings. The molecule has 8 nitrogen and oxygen atoms in total. The highest BCUT2D eigenvalue weighted by Crippen LogP contribution is 2.27. The van der Waals surface area contributed by atoms with E-state index in [1.807, 2.05) is 19.4 Å². The minimum atomic E-state index is -0.596. The normalized spacial score (nSPS) is 17.3.